The molecule has 366 valence electrons. The molecule has 0 saturated carbocycles. The summed E-state index contributed by atoms with van der Waals surface area (Å²) < 4.78 is 0. The predicted octanol–water partition coefficient (Wildman–Crippen LogP) is 17.2. The highest BCUT2D eigenvalue weighted by atomic mass is 16.3. The van der Waals surface area contributed by atoms with E-state index in [4.69, 9.17) is 0 Å². The number of hydrogen-bond acceptors (Lipinski definition) is 3. The first-order chi connectivity index (χ1) is 30.0. The van der Waals surface area contributed by atoms with Crippen LogP contribution in [0.3, 0.4) is 0 Å². The first kappa shape index (κ1) is 54.9. The van der Waals surface area contributed by atoms with Gasteiger partial charge in [-0.1, -0.05) is 161 Å². The zero-order chi connectivity index (χ0) is 50.1. The molecule has 0 unspecified atom stereocenters. The highest BCUT2D eigenvalue weighted by molar-refractivity contribution is 5.53. The normalized spacial score (nSPS) is 13.2. The van der Waals surface area contributed by atoms with E-state index in [-0.39, 0.29) is 32.5 Å². The third-order valence-corrected chi connectivity index (χ3v) is 14.5. The first-order valence-corrected chi connectivity index (χ1v) is 25.8. The van der Waals surface area contributed by atoms with Crippen molar-refractivity contribution in [2.45, 2.75) is 255 Å². The zero-order valence-electron chi connectivity index (χ0n) is 46.3. The third-order valence-electron chi connectivity index (χ3n) is 14.5. The Morgan fingerprint density at radius 1 is 0.273 bits per heavy atom. The number of phenolic OH excluding ortho intramolecular Hbond substituents is 3. The molecule has 0 saturated heterocycles. The van der Waals surface area contributed by atoms with Crippen molar-refractivity contribution in [1.82, 2.24) is 0 Å². The third kappa shape index (κ3) is 13.5. The van der Waals surface area contributed by atoms with E-state index >= 15 is 0 Å². The molecule has 4 aromatic rings. The molecule has 0 atom stereocenters. The lowest BCUT2D eigenvalue weighted by molar-refractivity contribution is 0.421. The van der Waals surface area contributed by atoms with Crippen LogP contribution in [-0.4, -0.2) is 15.3 Å². The summed E-state index contributed by atoms with van der Waals surface area (Å²) in [5.41, 5.74) is 18.6. The predicted molar refractivity (Wildman–Crippen MR) is 287 cm³/mol. The van der Waals surface area contributed by atoms with Gasteiger partial charge in [0.25, 0.3) is 0 Å². The van der Waals surface area contributed by atoms with E-state index in [2.05, 4.69) is 182 Å². The lowest BCUT2D eigenvalue weighted by atomic mass is 9.78. The Morgan fingerprint density at radius 3 is 0.576 bits per heavy atom. The Morgan fingerprint density at radius 2 is 0.424 bits per heavy atom. The van der Waals surface area contributed by atoms with Gasteiger partial charge in [-0.05, 0) is 214 Å². The Kier molecular flexibility index (Phi) is 17.0. The van der Waals surface area contributed by atoms with Gasteiger partial charge in [-0.3, -0.25) is 0 Å². The van der Waals surface area contributed by atoms with Gasteiger partial charge in [-0.25, -0.2) is 0 Å². The van der Waals surface area contributed by atoms with E-state index in [0.29, 0.717) is 17.2 Å². The average Bonchev–Trinajstić information content (AvgIpc) is 3.15. The number of hydrogen-bond donors (Lipinski definition) is 3. The standard InChI is InChI=1S/C63H96O3/c1-40-46(31-25-22-28-43-34-49(58(4,5)6)55(64)50(35-43)59(7,8)9)41(2)48(33-27-24-30-45-38-53(62(16,17)18)57(66)54(39-45)63(19,20)21)42(3)47(40)32-26-23-29-44-36-51(60(10,11)12)56(65)52(37-44)61(13,14)15/h34-39,64-66H,22-33H2,1-21H3. The maximum Gasteiger partial charge on any atom is 0.123 e. The second-order valence-corrected chi connectivity index (χ2v) is 26.6. The summed E-state index contributed by atoms with van der Waals surface area (Å²) in [6, 6.07) is 13.6. The van der Waals surface area contributed by atoms with Crippen molar-refractivity contribution in [3.8, 4) is 17.2 Å². The molecule has 0 aliphatic carbocycles. The smallest absolute Gasteiger partial charge is 0.123 e. The Balaban J connectivity index is 1.63. The number of unbranched alkanes of at least 4 members (excludes halogenated alkanes) is 3. The van der Waals surface area contributed by atoms with E-state index in [1.165, 1.54) is 33.4 Å². The maximum atomic E-state index is 11.4. The fraction of sp³-hybridized carbons (Fsp3) is 0.619. The van der Waals surface area contributed by atoms with Crippen molar-refractivity contribution in [3.63, 3.8) is 0 Å². The van der Waals surface area contributed by atoms with E-state index in [9.17, 15) is 15.3 Å². The van der Waals surface area contributed by atoms with Crippen LogP contribution in [0, 0.1) is 20.8 Å². The highest BCUT2D eigenvalue weighted by Gasteiger charge is 2.29. The number of aryl methyl sites for hydroxylation is 3. The molecular weight excluding hydrogens is 805 g/mol. The molecule has 3 nitrogen and oxygen atoms in total. The molecule has 66 heavy (non-hydrogen) atoms. The van der Waals surface area contributed by atoms with Crippen LogP contribution in [0.1, 0.15) is 247 Å². The summed E-state index contributed by atoms with van der Waals surface area (Å²) in [5, 5.41) is 34.1. The summed E-state index contributed by atoms with van der Waals surface area (Å²) in [7, 11) is 0. The largest absolute Gasteiger partial charge is 0.507 e. The Hall–Kier alpha value is -3.72. The fourth-order valence-electron chi connectivity index (χ4n) is 10.4. The molecule has 0 fully saturated rings. The molecule has 3 heteroatoms. The molecule has 0 radical (unpaired) electrons. The van der Waals surface area contributed by atoms with Gasteiger partial charge in [0, 0.05) is 0 Å². The van der Waals surface area contributed by atoms with Crippen LogP contribution >= 0.6 is 0 Å². The van der Waals surface area contributed by atoms with Crippen LogP contribution in [-0.2, 0) is 71.0 Å². The van der Waals surface area contributed by atoms with Crippen molar-refractivity contribution in [2.24, 2.45) is 0 Å². The maximum absolute atomic E-state index is 11.4. The molecule has 0 heterocycles. The monoisotopic (exact) mass is 901 g/mol. The van der Waals surface area contributed by atoms with Crippen molar-refractivity contribution in [3.05, 3.63) is 120 Å². The van der Waals surface area contributed by atoms with Crippen LogP contribution in [0.2, 0.25) is 0 Å². The summed E-state index contributed by atoms with van der Waals surface area (Å²) in [4.78, 5) is 0. The van der Waals surface area contributed by atoms with Gasteiger partial charge in [0.15, 0.2) is 0 Å². The number of benzene rings is 4. The number of aromatic hydroxyl groups is 3. The summed E-state index contributed by atoms with van der Waals surface area (Å²) in [6.45, 7) is 46.8. The summed E-state index contributed by atoms with van der Waals surface area (Å²) in [6.07, 6.45) is 12.9. The van der Waals surface area contributed by atoms with Crippen molar-refractivity contribution in [1.29, 1.82) is 0 Å². The molecule has 3 N–H and O–H groups in total. The van der Waals surface area contributed by atoms with Gasteiger partial charge >= 0.3 is 0 Å². The van der Waals surface area contributed by atoms with Gasteiger partial charge in [0.2, 0.25) is 0 Å². The molecular formula is C63H96O3. The second-order valence-electron chi connectivity index (χ2n) is 26.6. The topological polar surface area (TPSA) is 60.7 Å². The van der Waals surface area contributed by atoms with Gasteiger partial charge in [0.05, 0.1) is 0 Å². The van der Waals surface area contributed by atoms with Crippen molar-refractivity contribution < 1.29 is 15.3 Å². The van der Waals surface area contributed by atoms with Gasteiger partial charge in [-0.2, -0.15) is 0 Å². The molecule has 0 spiro atoms. The molecule has 0 bridgehead atoms. The van der Waals surface area contributed by atoms with Gasteiger partial charge in [-0.15, -0.1) is 0 Å². The van der Waals surface area contributed by atoms with Crippen LogP contribution < -0.4 is 0 Å². The Bertz CT molecular complexity index is 1920. The first-order valence-electron chi connectivity index (χ1n) is 25.8. The van der Waals surface area contributed by atoms with Crippen LogP contribution in [0.25, 0.3) is 0 Å². The second kappa shape index (κ2) is 20.5. The molecule has 0 aromatic heterocycles. The van der Waals surface area contributed by atoms with E-state index < -0.39 is 0 Å². The SMILES string of the molecule is Cc1c(CCCCc2cc(C(C)(C)C)c(O)c(C(C)(C)C)c2)c(C)c(CCCCc2cc(C(C)(C)C)c(O)c(C(C)(C)C)c2)c(C)c1CCCCc1cc(C(C)(C)C)c(O)c(C(C)(C)C)c1. The van der Waals surface area contributed by atoms with Gasteiger partial charge < -0.3 is 15.3 Å². The fourth-order valence-corrected chi connectivity index (χ4v) is 10.4. The lowest BCUT2D eigenvalue weighted by Gasteiger charge is -2.28. The molecule has 0 aliphatic heterocycles. The molecule has 4 rings (SSSR count). The van der Waals surface area contributed by atoms with Crippen molar-refractivity contribution in [2.75, 3.05) is 0 Å². The van der Waals surface area contributed by atoms with E-state index in [1.54, 1.807) is 16.7 Å². The van der Waals surface area contributed by atoms with Crippen LogP contribution in [0.4, 0.5) is 0 Å². The highest BCUT2D eigenvalue weighted by Crippen LogP contribution is 2.43. The summed E-state index contributed by atoms with van der Waals surface area (Å²) in [5.74, 6) is 1.39. The minimum Gasteiger partial charge on any atom is -0.507 e. The van der Waals surface area contributed by atoms with E-state index in [0.717, 1.165) is 110 Å². The number of phenols is 3. The quantitative estimate of drug-likeness (QED) is 0.104. The van der Waals surface area contributed by atoms with E-state index in [1.807, 2.05) is 0 Å². The minimum atomic E-state index is -0.132. The summed E-state index contributed by atoms with van der Waals surface area (Å²) >= 11 is 0. The zero-order valence-corrected chi connectivity index (χ0v) is 46.3. The Labute approximate surface area is 405 Å². The average molecular weight is 901 g/mol. The van der Waals surface area contributed by atoms with Crippen LogP contribution in [0.5, 0.6) is 17.2 Å². The van der Waals surface area contributed by atoms with Crippen LogP contribution in [0.15, 0.2) is 36.4 Å². The lowest BCUT2D eigenvalue weighted by Crippen LogP contribution is -2.18. The number of rotatable bonds is 15. The minimum absolute atomic E-state index is 0.132. The molecule has 0 amide bonds. The molecule has 0 aliphatic rings. The van der Waals surface area contributed by atoms with Crippen molar-refractivity contribution >= 4 is 0 Å². The van der Waals surface area contributed by atoms with Gasteiger partial charge in [0.1, 0.15) is 17.2 Å². The molecule has 4 aromatic carbocycles.